The number of hydrogen-bond acceptors (Lipinski definition) is 1. The molecule has 0 fully saturated rings. The first kappa shape index (κ1) is 6.63. The molecule has 0 unspecified atom stereocenters. The molecule has 0 saturated heterocycles. The van der Waals surface area contributed by atoms with Crippen molar-refractivity contribution in [2.24, 2.45) is 0 Å². The van der Waals surface area contributed by atoms with Crippen LogP contribution in [0.1, 0.15) is 13.3 Å². The monoisotopic (exact) mass is 115 g/mol. The smallest absolute Gasteiger partial charge is 0.0789 e. The minimum atomic E-state index is 0.843. The summed E-state index contributed by atoms with van der Waals surface area (Å²) in [6.45, 7) is 5.45. The molecule has 7 heavy (non-hydrogen) atoms. The van der Waals surface area contributed by atoms with Crippen molar-refractivity contribution in [2.75, 3.05) is 0 Å². The molecule has 0 heterocycles. The van der Waals surface area contributed by atoms with E-state index in [1.807, 2.05) is 6.92 Å². The zero-order valence-corrected chi connectivity index (χ0v) is 5.22. The molecule has 0 aromatic heterocycles. The summed E-state index contributed by atoms with van der Waals surface area (Å²) in [7, 11) is 0. The molecule has 0 spiro atoms. The predicted octanol–water partition coefficient (Wildman–Crippen LogP) is 1.46. The summed E-state index contributed by atoms with van der Waals surface area (Å²) >= 11 is 4.77. The summed E-state index contributed by atoms with van der Waals surface area (Å²) in [6.07, 6.45) is 2.48. The van der Waals surface area contributed by atoms with Crippen LogP contribution >= 0.6 is 12.2 Å². The van der Waals surface area contributed by atoms with Crippen molar-refractivity contribution >= 4 is 17.2 Å². The van der Waals surface area contributed by atoms with Gasteiger partial charge in [0.1, 0.15) is 0 Å². The Hall–Kier alpha value is -0.370. The van der Waals surface area contributed by atoms with Crippen molar-refractivity contribution in [1.82, 2.24) is 5.32 Å². The Morgan fingerprint density at radius 2 is 2.57 bits per heavy atom. The molecule has 2 heteroatoms. The summed E-state index contributed by atoms with van der Waals surface area (Å²) in [5.74, 6) is 0. The molecule has 0 aliphatic rings. The van der Waals surface area contributed by atoms with Crippen LogP contribution in [0.2, 0.25) is 0 Å². The van der Waals surface area contributed by atoms with E-state index >= 15 is 0 Å². The van der Waals surface area contributed by atoms with E-state index in [9.17, 15) is 0 Å². The lowest BCUT2D eigenvalue weighted by atomic mass is 10.5. The predicted molar refractivity (Wildman–Crippen MR) is 36.2 cm³/mol. The maximum Gasteiger partial charge on any atom is 0.0789 e. The SMILES string of the molecule is C=CNC(=S)CC. The van der Waals surface area contributed by atoms with Crippen LogP contribution in [0.3, 0.4) is 0 Å². The Kier molecular flexibility index (Phi) is 3.61. The summed E-state index contributed by atoms with van der Waals surface area (Å²) < 4.78 is 0. The van der Waals surface area contributed by atoms with Crippen LogP contribution in [0.4, 0.5) is 0 Å². The van der Waals surface area contributed by atoms with Crippen LogP contribution in [0.25, 0.3) is 0 Å². The minimum Gasteiger partial charge on any atom is -0.357 e. The molecule has 1 nitrogen and oxygen atoms in total. The quantitative estimate of drug-likeness (QED) is 0.547. The van der Waals surface area contributed by atoms with E-state index in [1.54, 1.807) is 6.20 Å². The molecule has 0 atom stereocenters. The Bertz CT molecular complexity index is 78.1. The van der Waals surface area contributed by atoms with Gasteiger partial charge in [0, 0.05) is 0 Å². The largest absolute Gasteiger partial charge is 0.357 e. The summed E-state index contributed by atoms with van der Waals surface area (Å²) in [4.78, 5) is 0.843. The molecular formula is C5H9NS. The third kappa shape index (κ3) is 3.46. The number of thiocarbonyl (C=S) groups is 1. The zero-order valence-electron chi connectivity index (χ0n) is 4.40. The second-order valence-corrected chi connectivity index (χ2v) is 1.62. The van der Waals surface area contributed by atoms with Gasteiger partial charge in [-0.05, 0) is 12.6 Å². The molecule has 0 rings (SSSR count). The lowest BCUT2D eigenvalue weighted by Gasteiger charge is -1.93. The molecule has 0 amide bonds. The second kappa shape index (κ2) is 3.81. The molecule has 0 radical (unpaired) electrons. The lowest BCUT2D eigenvalue weighted by molar-refractivity contribution is 1.19. The van der Waals surface area contributed by atoms with Gasteiger partial charge in [0.25, 0.3) is 0 Å². The van der Waals surface area contributed by atoms with Gasteiger partial charge in [-0.2, -0.15) is 0 Å². The molecule has 0 aromatic carbocycles. The summed E-state index contributed by atoms with van der Waals surface area (Å²) in [6, 6.07) is 0. The van der Waals surface area contributed by atoms with E-state index < -0.39 is 0 Å². The molecular weight excluding hydrogens is 106 g/mol. The topological polar surface area (TPSA) is 12.0 Å². The number of rotatable bonds is 2. The van der Waals surface area contributed by atoms with Gasteiger partial charge in [0.2, 0.25) is 0 Å². The molecule has 0 aromatic rings. The minimum absolute atomic E-state index is 0.843. The highest BCUT2D eigenvalue weighted by Crippen LogP contribution is 1.76. The van der Waals surface area contributed by atoms with Crippen LogP contribution in [0.15, 0.2) is 12.8 Å². The van der Waals surface area contributed by atoms with Crippen molar-refractivity contribution in [1.29, 1.82) is 0 Å². The van der Waals surface area contributed by atoms with Crippen LogP contribution in [0.5, 0.6) is 0 Å². The Morgan fingerprint density at radius 3 is 2.71 bits per heavy atom. The van der Waals surface area contributed by atoms with Gasteiger partial charge in [0.05, 0.1) is 4.99 Å². The highest BCUT2D eigenvalue weighted by Gasteiger charge is 1.80. The van der Waals surface area contributed by atoms with Crippen molar-refractivity contribution < 1.29 is 0 Å². The Labute approximate surface area is 49.4 Å². The third-order valence-corrected chi connectivity index (χ3v) is 0.991. The average Bonchev–Trinajstić information content (AvgIpc) is 1.68. The van der Waals surface area contributed by atoms with Crippen LogP contribution in [0, 0.1) is 0 Å². The Balaban J connectivity index is 3.17. The van der Waals surface area contributed by atoms with E-state index in [0.717, 1.165) is 11.4 Å². The van der Waals surface area contributed by atoms with Crippen molar-refractivity contribution in [3.05, 3.63) is 12.8 Å². The average molecular weight is 115 g/mol. The van der Waals surface area contributed by atoms with Gasteiger partial charge in [-0.25, -0.2) is 0 Å². The Morgan fingerprint density at radius 1 is 2.00 bits per heavy atom. The van der Waals surface area contributed by atoms with E-state index in [-0.39, 0.29) is 0 Å². The van der Waals surface area contributed by atoms with Crippen LogP contribution < -0.4 is 5.32 Å². The summed E-state index contributed by atoms with van der Waals surface area (Å²) in [5, 5.41) is 2.79. The maximum absolute atomic E-state index is 4.77. The first-order chi connectivity index (χ1) is 3.31. The highest BCUT2D eigenvalue weighted by atomic mass is 32.1. The van der Waals surface area contributed by atoms with Gasteiger partial charge in [-0.1, -0.05) is 25.7 Å². The van der Waals surface area contributed by atoms with Gasteiger partial charge in [-0.3, -0.25) is 0 Å². The fourth-order valence-electron chi connectivity index (χ4n) is 0.216. The van der Waals surface area contributed by atoms with Crippen molar-refractivity contribution in [2.45, 2.75) is 13.3 Å². The number of hydrogen-bond donors (Lipinski definition) is 1. The van der Waals surface area contributed by atoms with Gasteiger partial charge in [-0.15, -0.1) is 0 Å². The first-order valence-electron chi connectivity index (χ1n) is 2.21. The van der Waals surface area contributed by atoms with E-state index in [4.69, 9.17) is 12.2 Å². The molecule has 0 aliphatic heterocycles. The van der Waals surface area contributed by atoms with E-state index in [0.29, 0.717) is 0 Å². The highest BCUT2D eigenvalue weighted by molar-refractivity contribution is 7.80. The molecule has 40 valence electrons. The van der Waals surface area contributed by atoms with Gasteiger partial charge < -0.3 is 5.32 Å². The van der Waals surface area contributed by atoms with E-state index in [2.05, 4.69) is 11.9 Å². The summed E-state index contributed by atoms with van der Waals surface area (Å²) in [5.41, 5.74) is 0. The molecule has 0 aliphatic carbocycles. The van der Waals surface area contributed by atoms with Crippen LogP contribution in [-0.4, -0.2) is 4.99 Å². The number of nitrogens with one attached hydrogen (secondary N) is 1. The van der Waals surface area contributed by atoms with Gasteiger partial charge >= 0.3 is 0 Å². The standard InChI is InChI=1S/C5H9NS/c1-3-5(7)6-4-2/h4H,2-3H2,1H3,(H,6,7). The van der Waals surface area contributed by atoms with Crippen molar-refractivity contribution in [3.8, 4) is 0 Å². The van der Waals surface area contributed by atoms with Gasteiger partial charge in [0.15, 0.2) is 0 Å². The fourth-order valence-corrected chi connectivity index (χ4v) is 0.299. The molecule has 0 saturated carbocycles. The second-order valence-electron chi connectivity index (χ2n) is 1.13. The normalized spacial score (nSPS) is 7.57. The zero-order chi connectivity index (χ0) is 5.70. The third-order valence-electron chi connectivity index (χ3n) is 0.584. The van der Waals surface area contributed by atoms with Crippen LogP contribution in [-0.2, 0) is 0 Å². The fraction of sp³-hybridized carbons (Fsp3) is 0.400. The van der Waals surface area contributed by atoms with Crippen molar-refractivity contribution in [3.63, 3.8) is 0 Å². The van der Waals surface area contributed by atoms with E-state index in [1.165, 1.54) is 0 Å². The maximum atomic E-state index is 4.77. The lowest BCUT2D eigenvalue weighted by Crippen LogP contribution is -2.11. The first-order valence-corrected chi connectivity index (χ1v) is 2.62. The molecule has 1 N–H and O–H groups in total. The molecule has 0 bridgehead atoms.